The van der Waals surface area contributed by atoms with Crippen LogP contribution >= 0.6 is 0 Å². The van der Waals surface area contributed by atoms with Gasteiger partial charge in [-0.1, -0.05) is 0 Å². The molecule has 4 aromatic rings. The molecular formula is C34H44N4O8. The van der Waals surface area contributed by atoms with Crippen LogP contribution in [-0.2, 0) is 9.47 Å². The first kappa shape index (κ1) is 33.2. The van der Waals surface area contributed by atoms with Crippen molar-refractivity contribution >= 4 is 33.7 Å². The van der Waals surface area contributed by atoms with Crippen molar-refractivity contribution in [2.24, 2.45) is 0 Å². The molecule has 2 aliphatic rings. The number of esters is 2. The Labute approximate surface area is 268 Å². The fourth-order valence-corrected chi connectivity index (χ4v) is 6.71. The molecular weight excluding hydrogens is 592 g/mol. The molecule has 0 aliphatic heterocycles. The van der Waals surface area contributed by atoms with Crippen LogP contribution in [0.4, 0.5) is 0 Å². The zero-order valence-electron chi connectivity index (χ0n) is 27.4. The van der Waals surface area contributed by atoms with Gasteiger partial charge in [0.25, 0.3) is 0 Å². The number of benzene rings is 2. The van der Waals surface area contributed by atoms with Gasteiger partial charge < -0.3 is 29.2 Å². The summed E-state index contributed by atoms with van der Waals surface area (Å²) >= 11 is 0. The maximum Gasteiger partial charge on any atom is 0.341 e. The summed E-state index contributed by atoms with van der Waals surface area (Å²) in [7, 11) is 5.73. The Hall–Kier alpha value is -4.16. The van der Waals surface area contributed by atoms with Crippen LogP contribution < -0.4 is 9.47 Å². The van der Waals surface area contributed by atoms with E-state index in [1.807, 2.05) is 35.6 Å². The van der Waals surface area contributed by atoms with Crippen molar-refractivity contribution < 1.29 is 38.7 Å². The Kier molecular flexibility index (Phi) is 9.59. The highest BCUT2D eigenvalue weighted by Crippen LogP contribution is 2.37. The molecule has 2 aromatic heterocycles. The van der Waals surface area contributed by atoms with Crippen LogP contribution in [0.25, 0.3) is 21.8 Å². The Morgan fingerprint density at radius 1 is 0.717 bits per heavy atom. The summed E-state index contributed by atoms with van der Waals surface area (Å²) in [5.41, 5.74) is 1.01. The number of fused-ring (bicyclic) bond motifs is 2. The smallest absolute Gasteiger partial charge is 0.341 e. The van der Waals surface area contributed by atoms with E-state index in [1.165, 1.54) is 28.4 Å². The predicted molar refractivity (Wildman–Crippen MR) is 172 cm³/mol. The summed E-state index contributed by atoms with van der Waals surface area (Å²) in [4.78, 5) is 23.7. The molecule has 248 valence electrons. The molecule has 2 heterocycles. The molecule has 0 amide bonds. The lowest BCUT2D eigenvalue weighted by Gasteiger charge is -2.33. The molecule has 4 atom stereocenters. The number of carbonyl (C=O) groups excluding carboxylic acids is 2. The van der Waals surface area contributed by atoms with E-state index < -0.39 is 23.1 Å². The SMILES string of the molecule is COC(=O)c1cc2cn([C@H]3CCC[C@@](C)(O)C3)nc2cc1OC.COC(=O)c1cc2cn([C@H]3CCC[C@](C)(O)C3)nc2cc1OC. The third-order valence-electron chi connectivity index (χ3n) is 9.10. The van der Waals surface area contributed by atoms with Crippen molar-refractivity contribution in [2.75, 3.05) is 28.4 Å². The molecule has 2 N–H and O–H groups in total. The van der Waals surface area contributed by atoms with Crippen molar-refractivity contribution in [3.05, 3.63) is 47.8 Å². The Balaban J connectivity index is 0.000000181. The zero-order valence-corrected chi connectivity index (χ0v) is 27.4. The largest absolute Gasteiger partial charge is 0.496 e. The second kappa shape index (κ2) is 13.3. The Morgan fingerprint density at radius 3 is 1.43 bits per heavy atom. The van der Waals surface area contributed by atoms with Gasteiger partial charge in [-0.05, 0) is 77.3 Å². The summed E-state index contributed by atoms with van der Waals surface area (Å²) in [6, 6.07) is 7.31. The standard InChI is InChI=1S/2C17H22N2O4/c2*1-17(21)6-4-5-12(9-17)19-10-11-7-13(16(20)23-3)15(22-2)8-14(11)18-19/h2*7-8,10,12,21H,4-6,9H2,1-3H3/t12-,17+;12-,17-/m00/s1. The first-order valence-electron chi connectivity index (χ1n) is 15.6. The Morgan fingerprint density at radius 2 is 1.11 bits per heavy atom. The van der Waals surface area contributed by atoms with Crippen LogP contribution in [0.5, 0.6) is 11.5 Å². The third-order valence-corrected chi connectivity index (χ3v) is 9.10. The van der Waals surface area contributed by atoms with Gasteiger partial charge in [0.05, 0.1) is 62.8 Å². The van der Waals surface area contributed by atoms with Gasteiger partial charge in [0, 0.05) is 35.3 Å². The van der Waals surface area contributed by atoms with E-state index in [0.29, 0.717) is 35.5 Å². The molecule has 12 nitrogen and oxygen atoms in total. The number of aliphatic hydroxyl groups is 2. The van der Waals surface area contributed by atoms with Gasteiger partial charge in [-0.25, -0.2) is 9.59 Å². The van der Waals surface area contributed by atoms with Crippen LogP contribution in [0.3, 0.4) is 0 Å². The molecule has 0 bridgehead atoms. The fraction of sp³-hybridized carbons (Fsp3) is 0.529. The first-order chi connectivity index (χ1) is 21.9. The minimum atomic E-state index is -0.643. The lowest BCUT2D eigenvalue weighted by Crippen LogP contribution is -2.33. The van der Waals surface area contributed by atoms with E-state index in [9.17, 15) is 19.8 Å². The van der Waals surface area contributed by atoms with Crippen LogP contribution in [0.2, 0.25) is 0 Å². The molecule has 2 fully saturated rings. The number of methoxy groups -OCH3 is 4. The van der Waals surface area contributed by atoms with Gasteiger partial charge in [-0.3, -0.25) is 9.36 Å². The van der Waals surface area contributed by atoms with Crippen molar-refractivity contribution in [2.45, 2.75) is 88.5 Å². The van der Waals surface area contributed by atoms with Crippen molar-refractivity contribution in [1.82, 2.24) is 19.6 Å². The zero-order chi connectivity index (χ0) is 33.2. The van der Waals surface area contributed by atoms with Crippen LogP contribution in [-0.4, -0.2) is 81.4 Å². The van der Waals surface area contributed by atoms with Gasteiger partial charge in [0.15, 0.2) is 0 Å². The first-order valence-corrected chi connectivity index (χ1v) is 15.6. The fourth-order valence-electron chi connectivity index (χ4n) is 6.71. The van der Waals surface area contributed by atoms with E-state index in [4.69, 9.17) is 18.9 Å². The predicted octanol–water partition coefficient (Wildman–Crippen LogP) is 5.40. The van der Waals surface area contributed by atoms with Gasteiger partial charge >= 0.3 is 11.9 Å². The highest BCUT2D eigenvalue weighted by atomic mass is 16.5. The van der Waals surface area contributed by atoms with Crippen LogP contribution in [0, 0.1) is 0 Å². The van der Waals surface area contributed by atoms with E-state index in [0.717, 1.165) is 60.3 Å². The number of carbonyl (C=O) groups is 2. The lowest BCUT2D eigenvalue weighted by atomic mass is 9.83. The number of hydrogen-bond donors (Lipinski definition) is 2. The molecule has 46 heavy (non-hydrogen) atoms. The molecule has 12 heteroatoms. The van der Waals surface area contributed by atoms with E-state index >= 15 is 0 Å². The lowest BCUT2D eigenvalue weighted by molar-refractivity contribution is 0.00142. The normalized spacial score (nSPS) is 24.6. The summed E-state index contributed by atoms with van der Waals surface area (Å²) in [6.07, 6.45) is 10.8. The summed E-state index contributed by atoms with van der Waals surface area (Å²) in [5.74, 6) is 0.0321. The Bertz CT molecular complexity index is 1600. The van der Waals surface area contributed by atoms with Gasteiger partial charge in [0.1, 0.15) is 22.6 Å². The molecule has 6 rings (SSSR count). The summed E-state index contributed by atoms with van der Waals surface area (Å²) in [6.45, 7) is 3.75. The van der Waals surface area contributed by atoms with E-state index in [1.54, 1.807) is 24.3 Å². The van der Waals surface area contributed by atoms with E-state index in [2.05, 4.69) is 10.2 Å². The molecule has 0 spiro atoms. The number of ether oxygens (including phenoxy) is 4. The average molecular weight is 637 g/mol. The second-order valence-corrected chi connectivity index (χ2v) is 12.9. The maximum absolute atomic E-state index is 11.9. The monoisotopic (exact) mass is 636 g/mol. The molecule has 0 saturated heterocycles. The minimum absolute atomic E-state index is 0.165. The quantitative estimate of drug-likeness (QED) is 0.264. The molecule has 2 aromatic carbocycles. The third kappa shape index (κ3) is 7.13. The number of nitrogens with zero attached hydrogens (tertiary/aromatic N) is 4. The summed E-state index contributed by atoms with van der Waals surface area (Å²) in [5, 5.41) is 31.5. The number of hydrogen-bond acceptors (Lipinski definition) is 10. The molecule has 0 unspecified atom stereocenters. The maximum atomic E-state index is 11.9. The topological polar surface area (TPSA) is 147 Å². The number of aromatic nitrogens is 4. The van der Waals surface area contributed by atoms with Crippen molar-refractivity contribution in [1.29, 1.82) is 0 Å². The van der Waals surface area contributed by atoms with Crippen LogP contribution in [0.1, 0.15) is 98.0 Å². The highest BCUT2D eigenvalue weighted by Gasteiger charge is 2.32. The summed E-state index contributed by atoms with van der Waals surface area (Å²) < 4.78 is 23.9. The van der Waals surface area contributed by atoms with Crippen molar-refractivity contribution in [3.63, 3.8) is 0 Å². The molecule has 0 radical (unpaired) electrons. The van der Waals surface area contributed by atoms with Crippen molar-refractivity contribution in [3.8, 4) is 11.5 Å². The highest BCUT2D eigenvalue weighted by molar-refractivity contribution is 5.98. The van der Waals surface area contributed by atoms with Gasteiger partial charge in [-0.2, -0.15) is 10.2 Å². The van der Waals surface area contributed by atoms with Crippen LogP contribution in [0.15, 0.2) is 36.7 Å². The number of rotatable bonds is 6. The van der Waals surface area contributed by atoms with Gasteiger partial charge in [-0.15, -0.1) is 0 Å². The van der Waals surface area contributed by atoms with Gasteiger partial charge in [0.2, 0.25) is 0 Å². The molecule has 2 aliphatic carbocycles. The average Bonchev–Trinajstić information content (AvgIpc) is 3.65. The van der Waals surface area contributed by atoms with E-state index in [-0.39, 0.29) is 12.1 Å². The minimum Gasteiger partial charge on any atom is -0.496 e. The second-order valence-electron chi connectivity index (χ2n) is 12.9. The molecule has 2 saturated carbocycles.